The second-order valence-electron chi connectivity index (χ2n) is 4.12. The van der Waals surface area contributed by atoms with E-state index in [1.54, 1.807) is 18.4 Å². The minimum absolute atomic E-state index is 0.796. The van der Waals surface area contributed by atoms with Crippen molar-refractivity contribution in [1.29, 1.82) is 0 Å². The summed E-state index contributed by atoms with van der Waals surface area (Å²) in [5.74, 6) is 0. The fraction of sp³-hybridized carbons (Fsp3) is 0.357. The van der Waals surface area contributed by atoms with Crippen LogP contribution in [0.1, 0.15) is 16.3 Å². The van der Waals surface area contributed by atoms with E-state index in [4.69, 9.17) is 9.72 Å². The molecule has 0 bridgehead atoms. The number of thiazole rings is 1. The fourth-order valence-corrected chi connectivity index (χ4v) is 3.23. The number of aromatic nitrogens is 1. The molecule has 1 aromatic carbocycles. The monoisotopic (exact) mass is 325 g/mol. The van der Waals surface area contributed by atoms with Gasteiger partial charge in [0.1, 0.15) is 0 Å². The topological polar surface area (TPSA) is 22.1 Å². The Bertz CT molecular complexity index is 524. The maximum absolute atomic E-state index is 5.07. The Morgan fingerprint density at radius 1 is 1.39 bits per heavy atom. The summed E-state index contributed by atoms with van der Waals surface area (Å²) in [6.45, 7) is 2.93. The number of nitrogens with zero attached hydrogens (tertiary/aromatic N) is 1. The van der Waals surface area contributed by atoms with Crippen molar-refractivity contribution in [2.45, 2.75) is 19.8 Å². The molecule has 0 saturated heterocycles. The molecule has 1 aromatic heterocycles. The van der Waals surface area contributed by atoms with Gasteiger partial charge in [-0.15, -0.1) is 11.3 Å². The van der Waals surface area contributed by atoms with Crippen molar-refractivity contribution in [3.63, 3.8) is 0 Å². The Kier molecular flexibility index (Phi) is 4.92. The van der Waals surface area contributed by atoms with E-state index < -0.39 is 0 Å². The fourth-order valence-electron chi connectivity index (χ4n) is 1.83. The van der Waals surface area contributed by atoms with Crippen molar-refractivity contribution in [3.8, 4) is 11.3 Å². The number of halogens is 1. The van der Waals surface area contributed by atoms with Gasteiger partial charge in [-0.1, -0.05) is 28.1 Å². The summed E-state index contributed by atoms with van der Waals surface area (Å²) >= 11 is 5.28. The van der Waals surface area contributed by atoms with E-state index in [2.05, 4.69) is 35.0 Å². The number of methoxy groups -OCH3 is 1. The lowest BCUT2D eigenvalue weighted by Gasteiger charge is -1.99. The van der Waals surface area contributed by atoms with Crippen molar-refractivity contribution in [2.24, 2.45) is 0 Å². The van der Waals surface area contributed by atoms with Crippen LogP contribution in [0.2, 0.25) is 0 Å². The first-order chi connectivity index (χ1) is 8.70. The zero-order valence-corrected chi connectivity index (χ0v) is 13.0. The summed E-state index contributed by atoms with van der Waals surface area (Å²) in [6.07, 6.45) is 2.02. The second kappa shape index (κ2) is 6.45. The largest absolute Gasteiger partial charge is 0.385 e. The van der Waals surface area contributed by atoms with Crippen LogP contribution in [0.3, 0.4) is 0 Å². The summed E-state index contributed by atoms with van der Waals surface area (Å²) in [5, 5.41) is 1.19. The van der Waals surface area contributed by atoms with Crippen LogP contribution in [0, 0.1) is 6.92 Å². The highest BCUT2D eigenvalue weighted by molar-refractivity contribution is 9.10. The maximum Gasteiger partial charge on any atom is 0.0936 e. The third-order valence-electron chi connectivity index (χ3n) is 2.68. The van der Waals surface area contributed by atoms with Gasteiger partial charge in [0.05, 0.1) is 10.7 Å². The predicted molar refractivity (Wildman–Crippen MR) is 80.2 cm³/mol. The molecular weight excluding hydrogens is 310 g/mol. The van der Waals surface area contributed by atoms with Crippen molar-refractivity contribution in [3.05, 3.63) is 38.6 Å². The van der Waals surface area contributed by atoms with Crippen LogP contribution >= 0.6 is 27.3 Å². The maximum atomic E-state index is 5.07. The molecule has 0 fully saturated rings. The van der Waals surface area contributed by atoms with Crippen molar-refractivity contribution < 1.29 is 4.74 Å². The summed E-state index contributed by atoms with van der Waals surface area (Å²) < 4.78 is 6.16. The number of hydrogen-bond acceptors (Lipinski definition) is 3. The summed E-state index contributed by atoms with van der Waals surface area (Å²) in [4.78, 5) is 6.01. The van der Waals surface area contributed by atoms with Gasteiger partial charge in [-0.2, -0.15) is 0 Å². The van der Waals surface area contributed by atoms with Gasteiger partial charge in [0.25, 0.3) is 0 Å². The van der Waals surface area contributed by atoms with Crippen LogP contribution in [-0.4, -0.2) is 18.7 Å². The quantitative estimate of drug-likeness (QED) is 0.757. The Labute approximate surface area is 120 Å². The van der Waals surface area contributed by atoms with Gasteiger partial charge in [0, 0.05) is 35.1 Å². The average Bonchev–Trinajstić information content (AvgIpc) is 2.71. The van der Waals surface area contributed by atoms with Crippen LogP contribution in [0.25, 0.3) is 11.3 Å². The lowest BCUT2D eigenvalue weighted by atomic mass is 10.1. The van der Waals surface area contributed by atoms with Gasteiger partial charge in [-0.3, -0.25) is 0 Å². The molecule has 2 aromatic rings. The Balaban J connectivity index is 2.18. The average molecular weight is 326 g/mol. The normalized spacial score (nSPS) is 10.8. The molecule has 2 nitrogen and oxygen atoms in total. The Morgan fingerprint density at radius 2 is 2.22 bits per heavy atom. The first-order valence-corrected chi connectivity index (χ1v) is 7.53. The number of aryl methyl sites for hydroxylation is 2. The minimum atomic E-state index is 0.796. The molecular formula is C14H16BrNOS. The third kappa shape index (κ3) is 3.40. The van der Waals surface area contributed by atoms with Gasteiger partial charge in [0.2, 0.25) is 0 Å². The Hall–Kier alpha value is -0.710. The van der Waals surface area contributed by atoms with E-state index in [-0.39, 0.29) is 0 Å². The van der Waals surface area contributed by atoms with E-state index in [0.29, 0.717) is 0 Å². The van der Waals surface area contributed by atoms with E-state index in [1.807, 2.05) is 12.1 Å². The number of hydrogen-bond donors (Lipinski definition) is 0. The molecule has 0 atom stereocenters. The second-order valence-corrected chi connectivity index (χ2v) is 6.32. The lowest BCUT2D eigenvalue weighted by Crippen LogP contribution is -1.92. The molecule has 4 heteroatoms. The summed E-state index contributed by atoms with van der Waals surface area (Å²) in [5.41, 5.74) is 2.28. The molecule has 96 valence electrons. The molecule has 0 N–H and O–H groups in total. The molecule has 0 amide bonds. The number of ether oxygens (including phenoxy) is 1. The SMILES string of the molecule is COCCCc1nc(-c2cccc(Br)c2)c(C)s1. The molecule has 0 unspecified atom stereocenters. The molecule has 0 saturated carbocycles. The smallest absolute Gasteiger partial charge is 0.0936 e. The molecule has 18 heavy (non-hydrogen) atoms. The van der Waals surface area contributed by atoms with Crippen LogP contribution in [-0.2, 0) is 11.2 Å². The predicted octanol–water partition coefficient (Wildman–Crippen LogP) is 4.46. The lowest BCUT2D eigenvalue weighted by molar-refractivity contribution is 0.195. The van der Waals surface area contributed by atoms with Crippen LogP contribution in [0.15, 0.2) is 28.7 Å². The van der Waals surface area contributed by atoms with E-state index >= 15 is 0 Å². The van der Waals surface area contributed by atoms with E-state index in [9.17, 15) is 0 Å². The minimum Gasteiger partial charge on any atom is -0.385 e. The molecule has 0 aliphatic rings. The van der Waals surface area contributed by atoms with Crippen molar-refractivity contribution in [1.82, 2.24) is 4.98 Å². The molecule has 0 aliphatic carbocycles. The van der Waals surface area contributed by atoms with Crippen LogP contribution < -0.4 is 0 Å². The van der Waals surface area contributed by atoms with Gasteiger partial charge in [0.15, 0.2) is 0 Å². The standard InChI is InChI=1S/C14H16BrNOS/c1-10-14(11-5-3-6-12(15)9-11)16-13(18-10)7-4-8-17-2/h3,5-6,9H,4,7-8H2,1-2H3. The van der Waals surface area contributed by atoms with Gasteiger partial charge in [-0.05, 0) is 25.5 Å². The Morgan fingerprint density at radius 3 is 2.94 bits per heavy atom. The highest BCUT2D eigenvalue weighted by atomic mass is 79.9. The van der Waals surface area contributed by atoms with Gasteiger partial charge < -0.3 is 4.74 Å². The van der Waals surface area contributed by atoms with Crippen LogP contribution in [0.4, 0.5) is 0 Å². The number of benzene rings is 1. The third-order valence-corrected chi connectivity index (χ3v) is 4.20. The first kappa shape index (κ1) is 13.7. The van der Waals surface area contributed by atoms with E-state index in [0.717, 1.165) is 29.6 Å². The van der Waals surface area contributed by atoms with Crippen molar-refractivity contribution in [2.75, 3.05) is 13.7 Å². The summed E-state index contributed by atoms with van der Waals surface area (Å²) in [6, 6.07) is 8.29. The highest BCUT2D eigenvalue weighted by Crippen LogP contribution is 2.29. The molecule has 0 aliphatic heterocycles. The molecule has 2 rings (SSSR count). The van der Waals surface area contributed by atoms with Crippen LogP contribution in [0.5, 0.6) is 0 Å². The highest BCUT2D eigenvalue weighted by Gasteiger charge is 2.09. The zero-order chi connectivity index (χ0) is 13.0. The molecule has 0 radical (unpaired) electrons. The van der Waals surface area contributed by atoms with Crippen molar-refractivity contribution >= 4 is 27.3 Å². The van der Waals surface area contributed by atoms with E-state index in [1.165, 1.54) is 15.4 Å². The van der Waals surface area contributed by atoms with Gasteiger partial charge in [-0.25, -0.2) is 4.98 Å². The summed E-state index contributed by atoms with van der Waals surface area (Å²) in [7, 11) is 1.74. The molecule has 0 spiro atoms. The zero-order valence-electron chi connectivity index (χ0n) is 10.6. The molecule has 1 heterocycles. The first-order valence-electron chi connectivity index (χ1n) is 5.92. The van der Waals surface area contributed by atoms with Gasteiger partial charge >= 0.3 is 0 Å². The number of rotatable bonds is 5.